The SMILES string of the molecule is CCn1nnc2c1[C@@H](COC)CN(Cc1cccnc1)C2. The number of aromatic nitrogens is 4. The maximum absolute atomic E-state index is 5.40. The molecule has 0 spiro atoms. The Balaban J connectivity index is 1.81. The second-order valence-electron chi connectivity index (χ2n) is 5.42. The van der Waals surface area contributed by atoms with Crippen LogP contribution in [0.1, 0.15) is 29.8 Å². The topological polar surface area (TPSA) is 56.1 Å². The number of fused-ring (bicyclic) bond motifs is 1. The number of rotatable bonds is 5. The molecule has 2 aromatic rings. The zero-order valence-electron chi connectivity index (χ0n) is 12.6. The molecule has 1 aliphatic heterocycles. The van der Waals surface area contributed by atoms with E-state index in [2.05, 4.69) is 33.2 Å². The summed E-state index contributed by atoms with van der Waals surface area (Å²) in [5, 5.41) is 8.61. The Morgan fingerprint density at radius 2 is 2.33 bits per heavy atom. The minimum atomic E-state index is 0.324. The first-order valence-corrected chi connectivity index (χ1v) is 7.34. The van der Waals surface area contributed by atoms with Crippen molar-refractivity contribution in [2.24, 2.45) is 0 Å². The van der Waals surface area contributed by atoms with Gasteiger partial charge >= 0.3 is 0 Å². The minimum absolute atomic E-state index is 0.324. The van der Waals surface area contributed by atoms with E-state index in [9.17, 15) is 0 Å². The fourth-order valence-electron chi connectivity index (χ4n) is 3.03. The molecule has 0 bridgehead atoms. The number of nitrogens with zero attached hydrogens (tertiary/aromatic N) is 5. The molecule has 6 nitrogen and oxygen atoms in total. The summed E-state index contributed by atoms with van der Waals surface area (Å²) >= 11 is 0. The average Bonchev–Trinajstić information content (AvgIpc) is 2.92. The van der Waals surface area contributed by atoms with Crippen molar-refractivity contribution in [3.05, 3.63) is 41.5 Å². The predicted octanol–water partition coefficient (Wildman–Crippen LogP) is 1.44. The van der Waals surface area contributed by atoms with Crippen LogP contribution in [0.3, 0.4) is 0 Å². The van der Waals surface area contributed by atoms with Crippen molar-refractivity contribution >= 4 is 0 Å². The van der Waals surface area contributed by atoms with E-state index in [1.807, 2.05) is 16.9 Å². The molecule has 6 heteroatoms. The molecule has 0 radical (unpaired) electrons. The lowest BCUT2D eigenvalue weighted by Crippen LogP contribution is -2.36. The fourth-order valence-corrected chi connectivity index (χ4v) is 3.03. The number of ether oxygens (including phenoxy) is 1. The molecule has 2 aromatic heterocycles. The second-order valence-corrected chi connectivity index (χ2v) is 5.42. The smallest absolute Gasteiger partial charge is 0.100 e. The average molecular weight is 287 g/mol. The van der Waals surface area contributed by atoms with Gasteiger partial charge in [0, 0.05) is 51.6 Å². The van der Waals surface area contributed by atoms with Crippen LogP contribution in [0, 0.1) is 0 Å². The Hall–Kier alpha value is -1.79. The Morgan fingerprint density at radius 1 is 1.43 bits per heavy atom. The van der Waals surface area contributed by atoms with Crippen LogP contribution in [0.5, 0.6) is 0 Å². The highest BCUT2D eigenvalue weighted by Crippen LogP contribution is 2.28. The molecule has 0 fully saturated rings. The van der Waals surface area contributed by atoms with Gasteiger partial charge in [-0.3, -0.25) is 9.88 Å². The summed E-state index contributed by atoms with van der Waals surface area (Å²) in [6.07, 6.45) is 3.72. The summed E-state index contributed by atoms with van der Waals surface area (Å²) < 4.78 is 7.40. The molecule has 0 saturated heterocycles. The van der Waals surface area contributed by atoms with Gasteiger partial charge in [0.15, 0.2) is 0 Å². The molecule has 0 unspecified atom stereocenters. The lowest BCUT2D eigenvalue weighted by atomic mass is 9.98. The van der Waals surface area contributed by atoms with Gasteiger partial charge in [0.05, 0.1) is 12.3 Å². The maximum atomic E-state index is 5.40. The Kier molecular flexibility index (Phi) is 4.26. The zero-order chi connectivity index (χ0) is 14.7. The van der Waals surface area contributed by atoms with Gasteiger partial charge in [-0.15, -0.1) is 5.10 Å². The fraction of sp³-hybridized carbons (Fsp3) is 0.533. The molecule has 21 heavy (non-hydrogen) atoms. The number of pyridine rings is 1. The number of methoxy groups -OCH3 is 1. The van der Waals surface area contributed by atoms with Gasteiger partial charge in [-0.1, -0.05) is 11.3 Å². The van der Waals surface area contributed by atoms with Gasteiger partial charge in [-0.25, -0.2) is 4.68 Å². The lowest BCUT2D eigenvalue weighted by Gasteiger charge is -2.32. The van der Waals surface area contributed by atoms with E-state index in [-0.39, 0.29) is 0 Å². The number of hydrogen-bond donors (Lipinski definition) is 0. The minimum Gasteiger partial charge on any atom is -0.384 e. The molecule has 1 atom stereocenters. The van der Waals surface area contributed by atoms with Crippen LogP contribution in [0.4, 0.5) is 0 Å². The van der Waals surface area contributed by atoms with Crippen molar-refractivity contribution in [1.29, 1.82) is 0 Å². The van der Waals surface area contributed by atoms with Gasteiger partial charge in [-0.2, -0.15) is 0 Å². The van der Waals surface area contributed by atoms with Crippen LogP contribution in [0.2, 0.25) is 0 Å². The van der Waals surface area contributed by atoms with E-state index in [1.54, 1.807) is 13.3 Å². The summed E-state index contributed by atoms with van der Waals surface area (Å²) in [5.41, 5.74) is 3.54. The highest BCUT2D eigenvalue weighted by Gasteiger charge is 2.30. The summed E-state index contributed by atoms with van der Waals surface area (Å²) in [7, 11) is 1.75. The van der Waals surface area contributed by atoms with E-state index in [0.717, 1.165) is 31.9 Å². The number of hydrogen-bond acceptors (Lipinski definition) is 5. The summed E-state index contributed by atoms with van der Waals surface area (Å²) in [4.78, 5) is 6.57. The van der Waals surface area contributed by atoms with Crippen LogP contribution in [-0.4, -0.2) is 45.1 Å². The van der Waals surface area contributed by atoms with Crippen LogP contribution >= 0.6 is 0 Å². The van der Waals surface area contributed by atoms with Crippen molar-refractivity contribution in [2.75, 3.05) is 20.3 Å². The molecule has 0 amide bonds. The van der Waals surface area contributed by atoms with Crippen molar-refractivity contribution < 1.29 is 4.74 Å². The highest BCUT2D eigenvalue weighted by atomic mass is 16.5. The van der Waals surface area contributed by atoms with Gasteiger partial charge in [0.1, 0.15) is 5.69 Å². The third-order valence-corrected chi connectivity index (χ3v) is 3.88. The molecule has 0 N–H and O–H groups in total. The predicted molar refractivity (Wildman–Crippen MR) is 78.7 cm³/mol. The molecule has 3 rings (SSSR count). The Morgan fingerprint density at radius 3 is 3.05 bits per heavy atom. The summed E-state index contributed by atoms with van der Waals surface area (Å²) in [5.74, 6) is 0.324. The van der Waals surface area contributed by atoms with E-state index < -0.39 is 0 Å². The Bertz CT molecular complexity index is 583. The Labute approximate surface area is 124 Å². The molecule has 0 aliphatic carbocycles. The maximum Gasteiger partial charge on any atom is 0.100 e. The first kappa shape index (κ1) is 14.2. The first-order chi connectivity index (χ1) is 10.3. The van der Waals surface area contributed by atoms with Gasteiger partial charge in [-0.05, 0) is 18.6 Å². The van der Waals surface area contributed by atoms with E-state index in [0.29, 0.717) is 12.5 Å². The van der Waals surface area contributed by atoms with Gasteiger partial charge in [0.2, 0.25) is 0 Å². The summed E-state index contributed by atoms with van der Waals surface area (Å²) in [6, 6.07) is 4.08. The van der Waals surface area contributed by atoms with Crippen LogP contribution in [-0.2, 0) is 24.4 Å². The monoisotopic (exact) mass is 287 g/mol. The van der Waals surface area contributed by atoms with Crippen LogP contribution < -0.4 is 0 Å². The molecule has 1 aliphatic rings. The number of aryl methyl sites for hydroxylation is 1. The van der Waals surface area contributed by atoms with E-state index in [4.69, 9.17) is 4.74 Å². The van der Waals surface area contributed by atoms with Gasteiger partial charge < -0.3 is 4.74 Å². The van der Waals surface area contributed by atoms with Crippen molar-refractivity contribution in [2.45, 2.75) is 32.5 Å². The van der Waals surface area contributed by atoms with Gasteiger partial charge in [0.25, 0.3) is 0 Å². The second kappa shape index (κ2) is 6.32. The molecular formula is C15H21N5O. The van der Waals surface area contributed by atoms with Crippen LogP contribution in [0.25, 0.3) is 0 Å². The third-order valence-electron chi connectivity index (χ3n) is 3.88. The largest absolute Gasteiger partial charge is 0.384 e. The normalized spacial score (nSPS) is 18.7. The molecular weight excluding hydrogens is 266 g/mol. The lowest BCUT2D eigenvalue weighted by molar-refractivity contribution is 0.131. The molecule has 112 valence electrons. The third kappa shape index (κ3) is 2.96. The van der Waals surface area contributed by atoms with E-state index >= 15 is 0 Å². The van der Waals surface area contributed by atoms with Crippen molar-refractivity contribution in [3.63, 3.8) is 0 Å². The molecule has 0 aromatic carbocycles. The van der Waals surface area contributed by atoms with Crippen molar-refractivity contribution in [1.82, 2.24) is 24.9 Å². The summed E-state index contributed by atoms with van der Waals surface area (Å²) in [6.45, 7) is 6.33. The molecule has 3 heterocycles. The zero-order valence-corrected chi connectivity index (χ0v) is 12.6. The van der Waals surface area contributed by atoms with E-state index in [1.165, 1.54) is 11.3 Å². The molecule has 0 saturated carbocycles. The standard InChI is InChI=1S/C15H21N5O/c1-3-20-15-13(11-21-2)9-19(10-14(15)17-18-20)8-12-5-4-6-16-7-12/h4-7,13H,3,8-11H2,1-2H3/t13-/m1/s1. The quantitative estimate of drug-likeness (QED) is 0.833. The van der Waals surface area contributed by atoms with Crippen molar-refractivity contribution in [3.8, 4) is 0 Å². The van der Waals surface area contributed by atoms with Crippen LogP contribution in [0.15, 0.2) is 24.5 Å². The highest BCUT2D eigenvalue weighted by molar-refractivity contribution is 5.20. The first-order valence-electron chi connectivity index (χ1n) is 7.34.